The molecule has 2 fully saturated rings. The normalized spacial score (nSPS) is 42.1. The van der Waals surface area contributed by atoms with Crippen molar-refractivity contribution in [3.63, 3.8) is 0 Å². The van der Waals surface area contributed by atoms with Crippen molar-refractivity contribution in [1.82, 2.24) is 5.32 Å². The van der Waals surface area contributed by atoms with Crippen molar-refractivity contribution in [1.29, 1.82) is 0 Å². The lowest BCUT2D eigenvalue weighted by molar-refractivity contribution is -0.123. The lowest BCUT2D eigenvalue weighted by Gasteiger charge is -2.39. The van der Waals surface area contributed by atoms with Gasteiger partial charge in [0, 0.05) is 6.04 Å². The minimum absolute atomic E-state index is 0.00502. The first-order chi connectivity index (χ1) is 7.29. The highest BCUT2D eigenvalue weighted by molar-refractivity contribution is 5.81. The molecule has 4 atom stereocenters. The highest BCUT2D eigenvalue weighted by Crippen LogP contribution is 2.65. The van der Waals surface area contributed by atoms with Crippen LogP contribution in [0, 0.1) is 16.7 Å². The van der Waals surface area contributed by atoms with Crippen LogP contribution in [-0.4, -0.2) is 18.0 Å². The van der Waals surface area contributed by atoms with Gasteiger partial charge in [-0.15, -0.1) is 0 Å². The van der Waals surface area contributed by atoms with Gasteiger partial charge in [-0.25, -0.2) is 0 Å². The Kier molecular flexibility index (Phi) is 2.57. The molecule has 0 aromatic carbocycles. The van der Waals surface area contributed by atoms with Crippen molar-refractivity contribution >= 4 is 5.91 Å². The Morgan fingerprint density at radius 1 is 1.44 bits per heavy atom. The summed E-state index contributed by atoms with van der Waals surface area (Å²) in [6, 6.07) is -0.0782. The van der Waals surface area contributed by atoms with Crippen LogP contribution in [0.1, 0.15) is 47.0 Å². The second-order valence-corrected chi connectivity index (χ2v) is 6.46. The first-order valence-corrected chi connectivity index (χ1v) is 6.35. The largest absolute Gasteiger partial charge is 0.351 e. The molecule has 2 aliphatic rings. The molecule has 2 bridgehead atoms. The molecule has 2 aliphatic carbocycles. The van der Waals surface area contributed by atoms with E-state index in [0.717, 1.165) is 12.3 Å². The molecule has 0 aromatic heterocycles. The summed E-state index contributed by atoms with van der Waals surface area (Å²) in [4.78, 5) is 11.7. The maximum Gasteiger partial charge on any atom is 0.236 e. The van der Waals surface area contributed by atoms with Gasteiger partial charge in [-0.3, -0.25) is 4.79 Å². The summed E-state index contributed by atoms with van der Waals surface area (Å²) >= 11 is 0. The fourth-order valence-electron chi connectivity index (χ4n) is 3.73. The molecule has 2 saturated carbocycles. The van der Waals surface area contributed by atoms with E-state index in [4.69, 9.17) is 5.73 Å². The maximum absolute atomic E-state index is 11.7. The monoisotopic (exact) mass is 224 g/mol. The predicted octanol–water partition coefficient (Wildman–Crippen LogP) is 1.66. The second-order valence-electron chi connectivity index (χ2n) is 6.46. The molecule has 0 radical (unpaired) electrons. The summed E-state index contributed by atoms with van der Waals surface area (Å²) in [6.45, 7) is 8.77. The number of fused-ring (bicyclic) bond motifs is 2. The van der Waals surface area contributed by atoms with Crippen LogP contribution in [0.3, 0.4) is 0 Å². The molecule has 16 heavy (non-hydrogen) atoms. The Labute approximate surface area is 98.2 Å². The topological polar surface area (TPSA) is 55.1 Å². The number of hydrogen-bond acceptors (Lipinski definition) is 2. The molecule has 1 amide bonds. The fourth-order valence-corrected chi connectivity index (χ4v) is 3.73. The minimum atomic E-state index is -0.397. The van der Waals surface area contributed by atoms with Crippen molar-refractivity contribution in [2.75, 3.05) is 0 Å². The summed E-state index contributed by atoms with van der Waals surface area (Å²) in [7, 11) is 0. The van der Waals surface area contributed by atoms with E-state index in [1.54, 1.807) is 6.92 Å². The van der Waals surface area contributed by atoms with Gasteiger partial charge in [0.25, 0.3) is 0 Å². The van der Waals surface area contributed by atoms with Gasteiger partial charge in [0.05, 0.1) is 6.04 Å². The lowest BCUT2D eigenvalue weighted by Crippen LogP contribution is -2.50. The Hall–Kier alpha value is -0.570. The van der Waals surface area contributed by atoms with Crippen LogP contribution in [0.4, 0.5) is 0 Å². The van der Waals surface area contributed by atoms with E-state index in [0.29, 0.717) is 11.5 Å². The molecule has 2 rings (SSSR count). The highest BCUT2D eigenvalue weighted by atomic mass is 16.2. The first kappa shape index (κ1) is 11.9. The molecule has 92 valence electrons. The van der Waals surface area contributed by atoms with Crippen molar-refractivity contribution in [2.45, 2.75) is 59.0 Å². The molecule has 0 aliphatic heterocycles. The van der Waals surface area contributed by atoms with Crippen LogP contribution in [0.25, 0.3) is 0 Å². The molecule has 0 spiro atoms. The summed E-state index contributed by atoms with van der Waals surface area (Å²) in [5.74, 6) is 0.755. The Morgan fingerprint density at radius 2 is 2.06 bits per heavy atom. The van der Waals surface area contributed by atoms with E-state index in [1.807, 2.05) is 0 Å². The Morgan fingerprint density at radius 3 is 2.44 bits per heavy atom. The van der Waals surface area contributed by atoms with Crippen molar-refractivity contribution in [3.8, 4) is 0 Å². The zero-order valence-corrected chi connectivity index (χ0v) is 10.8. The molecule has 3 N–H and O–H groups in total. The summed E-state index contributed by atoms with van der Waals surface area (Å²) < 4.78 is 0. The van der Waals surface area contributed by atoms with Crippen molar-refractivity contribution in [3.05, 3.63) is 0 Å². The van der Waals surface area contributed by atoms with Gasteiger partial charge in [0.15, 0.2) is 0 Å². The smallest absolute Gasteiger partial charge is 0.236 e. The third-order valence-electron chi connectivity index (χ3n) is 5.52. The molecular formula is C13H24N2O. The van der Waals surface area contributed by atoms with Crippen molar-refractivity contribution in [2.24, 2.45) is 22.5 Å². The van der Waals surface area contributed by atoms with Gasteiger partial charge in [0.1, 0.15) is 0 Å². The van der Waals surface area contributed by atoms with Crippen LogP contribution >= 0.6 is 0 Å². The van der Waals surface area contributed by atoms with E-state index in [2.05, 4.69) is 26.1 Å². The van der Waals surface area contributed by atoms with E-state index in [1.165, 1.54) is 12.8 Å². The third kappa shape index (κ3) is 1.41. The quantitative estimate of drug-likeness (QED) is 0.749. The number of carbonyl (C=O) groups is 1. The van der Waals surface area contributed by atoms with Gasteiger partial charge in [-0.2, -0.15) is 0 Å². The van der Waals surface area contributed by atoms with E-state index >= 15 is 0 Å². The van der Waals surface area contributed by atoms with Crippen LogP contribution < -0.4 is 11.1 Å². The van der Waals surface area contributed by atoms with E-state index in [-0.39, 0.29) is 11.3 Å². The average molecular weight is 224 g/mol. The highest BCUT2D eigenvalue weighted by Gasteiger charge is 2.61. The van der Waals surface area contributed by atoms with Gasteiger partial charge in [-0.1, -0.05) is 20.8 Å². The number of amides is 1. The van der Waals surface area contributed by atoms with Gasteiger partial charge < -0.3 is 11.1 Å². The Bertz CT molecular complexity index is 311. The Balaban J connectivity index is 2.13. The zero-order chi connectivity index (χ0) is 12.1. The summed E-state index contributed by atoms with van der Waals surface area (Å²) in [5.41, 5.74) is 6.21. The molecule has 3 heteroatoms. The van der Waals surface area contributed by atoms with E-state index < -0.39 is 6.04 Å². The molecule has 0 aromatic rings. The van der Waals surface area contributed by atoms with Gasteiger partial charge >= 0.3 is 0 Å². The summed E-state index contributed by atoms with van der Waals surface area (Å²) in [6.07, 6.45) is 3.67. The SMILES string of the molecule is C[C@H](N)C(=O)NC1CC2CCC1(C)C2(C)C. The molecule has 3 unspecified atom stereocenters. The molecule has 0 saturated heterocycles. The first-order valence-electron chi connectivity index (χ1n) is 6.35. The third-order valence-corrected chi connectivity index (χ3v) is 5.52. The number of hydrogen-bond donors (Lipinski definition) is 2. The second kappa shape index (κ2) is 3.46. The number of nitrogens with two attached hydrogens (primary N) is 1. The van der Waals surface area contributed by atoms with Crippen LogP contribution in [0.2, 0.25) is 0 Å². The standard InChI is InChI=1S/C13H24N2O/c1-8(14)11(16)15-10-7-9-5-6-13(10,4)12(9,2)3/h8-10H,5-7,14H2,1-4H3,(H,15,16)/t8-,9?,10?,13?/m0/s1. The van der Waals surface area contributed by atoms with Gasteiger partial charge in [-0.05, 0) is 42.9 Å². The van der Waals surface area contributed by atoms with E-state index in [9.17, 15) is 4.79 Å². The number of carbonyl (C=O) groups excluding carboxylic acids is 1. The van der Waals surface area contributed by atoms with Crippen LogP contribution in [0.15, 0.2) is 0 Å². The van der Waals surface area contributed by atoms with Crippen molar-refractivity contribution < 1.29 is 4.79 Å². The number of nitrogens with one attached hydrogen (secondary N) is 1. The zero-order valence-electron chi connectivity index (χ0n) is 10.8. The van der Waals surface area contributed by atoms with Crippen LogP contribution in [-0.2, 0) is 4.79 Å². The predicted molar refractivity (Wildman–Crippen MR) is 64.8 cm³/mol. The summed E-state index contributed by atoms with van der Waals surface area (Å²) in [5, 5.41) is 3.14. The molecule has 3 nitrogen and oxygen atoms in total. The van der Waals surface area contributed by atoms with Crippen LogP contribution in [0.5, 0.6) is 0 Å². The lowest BCUT2D eigenvalue weighted by atomic mass is 9.69. The minimum Gasteiger partial charge on any atom is -0.351 e. The molecule has 0 heterocycles. The molecular weight excluding hydrogens is 200 g/mol. The van der Waals surface area contributed by atoms with Gasteiger partial charge in [0.2, 0.25) is 5.91 Å². The number of rotatable bonds is 2. The fraction of sp³-hybridized carbons (Fsp3) is 0.923. The maximum atomic E-state index is 11.7. The average Bonchev–Trinajstić information content (AvgIpc) is 2.50.